The van der Waals surface area contributed by atoms with E-state index in [0.717, 1.165) is 4.47 Å². The average Bonchev–Trinajstić information content (AvgIpc) is 2.83. The van der Waals surface area contributed by atoms with Gasteiger partial charge in [-0.05, 0) is 30.3 Å². The van der Waals surface area contributed by atoms with Crippen molar-refractivity contribution >= 4 is 36.8 Å². The first-order valence-corrected chi connectivity index (χ1v) is 7.80. The van der Waals surface area contributed by atoms with E-state index in [0.29, 0.717) is 11.0 Å². The van der Waals surface area contributed by atoms with Crippen molar-refractivity contribution in [3.05, 3.63) is 53.0 Å². The number of hydrogen-bond donors (Lipinski definition) is 1. The van der Waals surface area contributed by atoms with Crippen LogP contribution in [0.15, 0.2) is 63.1 Å². The molecule has 4 nitrogen and oxygen atoms in total. The van der Waals surface area contributed by atoms with Gasteiger partial charge in [0.15, 0.2) is 0 Å². The van der Waals surface area contributed by atoms with E-state index in [9.17, 15) is 8.42 Å². The number of imidazole rings is 1. The van der Waals surface area contributed by atoms with Crippen molar-refractivity contribution in [2.75, 3.05) is 0 Å². The quantitative estimate of drug-likeness (QED) is 0.781. The number of halogens is 1. The smallest absolute Gasteiger partial charge is 0.239 e. The highest BCUT2D eigenvalue weighted by Crippen LogP contribution is 2.23. The summed E-state index contributed by atoms with van der Waals surface area (Å²) in [5.41, 5.74) is 1.31. The molecule has 0 unspecified atom stereocenters. The Morgan fingerprint density at radius 3 is 2.53 bits per heavy atom. The van der Waals surface area contributed by atoms with Crippen LogP contribution in [0, 0.1) is 0 Å². The fourth-order valence-corrected chi connectivity index (χ4v) is 3.34. The second-order valence-electron chi connectivity index (χ2n) is 4.02. The predicted octanol–water partition coefficient (Wildman–Crippen LogP) is 3.16. The molecule has 0 spiro atoms. The zero-order chi connectivity index (χ0) is 13.5. The van der Waals surface area contributed by atoms with E-state index in [1.54, 1.807) is 42.5 Å². The zero-order valence-corrected chi connectivity index (χ0v) is 12.1. The number of nitrogens with one attached hydrogen (secondary N) is 1. The fraction of sp³-hybridized carbons (Fsp3) is 0. The Hall–Kier alpha value is -1.66. The minimum atomic E-state index is -3.60. The number of aromatic amines is 1. The molecule has 0 aliphatic carbocycles. The van der Waals surface area contributed by atoms with Gasteiger partial charge in [0.05, 0.1) is 15.9 Å². The first kappa shape index (κ1) is 12.4. The number of nitrogens with zero attached hydrogens (tertiary/aromatic N) is 1. The summed E-state index contributed by atoms with van der Waals surface area (Å²) in [5.74, 6) is 0. The summed E-state index contributed by atoms with van der Waals surface area (Å²) >= 11 is 3.33. The van der Waals surface area contributed by atoms with Crippen LogP contribution in [0.4, 0.5) is 0 Å². The molecule has 96 valence electrons. The minimum Gasteiger partial charge on any atom is -0.328 e. The van der Waals surface area contributed by atoms with E-state index in [1.807, 2.05) is 6.07 Å². The molecule has 3 aromatic rings. The lowest BCUT2D eigenvalue weighted by Gasteiger charge is -1.99. The molecular formula is C13H9BrN2O2S. The van der Waals surface area contributed by atoms with E-state index < -0.39 is 9.84 Å². The lowest BCUT2D eigenvalue weighted by molar-refractivity contribution is 0.589. The fourth-order valence-electron chi connectivity index (χ4n) is 1.79. The van der Waals surface area contributed by atoms with Crippen LogP contribution in [0.5, 0.6) is 0 Å². The second kappa shape index (κ2) is 4.47. The second-order valence-corrected chi connectivity index (χ2v) is 6.80. The molecule has 1 aromatic heterocycles. The average molecular weight is 337 g/mol. The molecule has 1 N–H and O–H groups in total. The van der Waals surface area contributed by atoms with Crippen LogP contribution in [-0.4, -0.2) is 18.4 Å². The van der Waals surface area contributed by atoms with Gasteiger partial charge in [-0.3, -0.25) is 0 Å². The van der Waals surface area contributed by atoms with Crippen molar-refractivity contribution in [3.8, 4) is 0 Å². The summed E-state index contributed by atoms with van der Waals surface area (Å²) in [4.78, 5) is 7.22. The van der Waals surface area contributed by atoms with E-state index in [-0.39, 0.29) is 10.1 Å². The third kappa shape index (κ3) is 2.17. The summed E-state index contributed by atoms with van der Waals surface area (Å²) in [6.45, 7) is 0. The number of benzene rings is 2. The molecule has 19 heavy (non-hydrogen) atoms. The Kier molecular flexibility index (Phi) is 2.91. The zero-order valence-electron chi connectivity index (χ0n) is 9.67. The van der Waals surface area contributed by atoms with Crippen molar-refractivity contribution in [2.24, 2.45) is 0 Å². The molecule has 2 aromatic carbocycles. The number of rotatable bonds is 2. The van der Waals surface area contributed by atoms with Crippen LogP contribution in [-0.2, 0) is 9.84 Å². The largest absolute Gasteiger partial charge is 0.328 e. The minimum absolute atomic E-state index is 0.0354. The monoisotopic (exact) mass is 336 g/mol. The maximum absolute atomic E-state index is 12.4. The number of aromatic nitrogens is 2. The molecule has 0 bridgehead atoms. The van der Waals surface area contributed by atoms with Crippen LogP contribution in [0.1, 0.15) is 0 Å². The van der Waals surface area contributed by atoms with Crippen molar-refractivity contribution in [2.45, 2.75) is 10.1 Å². The van der Waals surface area contributed by atoms with Gasteiger partial charge in [0.1, 0.15) is 0 Å². The van der Waals surface area contributed by atoms with E-state index in [4.69, 9.17) is 0 Å². The molecule has 0 aliphatic rings. The van der Waals surface area contributed by atoms with Gasteiger partial charge in [0.2, 0.25) is 15.0 Å². The molecule has 1 heterocycles. The molecule has 0 saturated heterocycles. The van der Waals surface area contributed by atoms with E-state index in [1.165, 1.54) is 0 Å². The van der Waals surface area contributed by atoms with Gasteiger partial charge in [-0.15, -0.1) is 0 Å². The highest BCUT2D eigenvalue weighted by Gasteiger charge is 2.21. The molecule has 0 radical (unpaired) electrons. The van der Waals surface area contributed by atoms with Gasteiger partial charge in [-0.2, -0.15) is 0 Å². The van der Waals surface area contributed by atoms with Crippen LogP contribution in [0.2, 0.25) is 0 Å². The Labute approximate surface area is 118 Å². The standard InChI is InChI=1S/C13H9BrN2O2S/c14-9-6-7-11-12(8-9)16-13(15-11)19(17,18)10-4-2-1-3-5-10/h1-8H,(H,15,16). The summed E-state index contributed by atoms with van der Waals surface area (Å²) in [7, 11) is -3.60. The van der Waals surface area contributed by atoms with Crippen molar-refractivity contribution < 1.29 is 8.42 Å². The normalized spacial score (nSPS) is 11.8. The highest BCUT2D eigenvalue weighted by atomic mass is 79.9. The number of sulfone groups is 1. The van der Waals surface area contributed by atoms with Crippen molar-refractivity contribution in [1.29, 1.82) is 0 Å². The van der Waals surface area contributed by atoms with Gasteiger partial charge in [-0.25, -0.2) is 13.4 Å². The summed E-state index contributed by atoms with van der Waals surface area (Å²) in [6, 6.07) is 13.6. The van der Waals surface area contributed by atoms with Crippen LogP contribution >= 0.6 is 15.9 Å². The number of fused-ring (bicyclic) bond motifs is 1. The molecule has 0 saturated carbocycles. The Balaban J connectivity index is 2.19. The number of H-pyrrole nitrogens is 1. The lowest BCUT2D eigenvalue weighted by Crippen LogP contribution is -2.03. The first-order valence-electron chi connectivity index (χ1n) is 5.53. The van der Waals surface area contributed by atoms with Crippen molar-refractivity contribution in [3.63, 3.8) is 0 Å². The number of hydrogen-bond acceptors (Lipinski definition) is 3. The summed E-state index contributed by atoms with van der Waals surface area (Å²) < 4.78 is 25.6. The van der Waals surface area contributed by atoms with Crippen LogP contribution < -0.4 is 0 Å². The molecule has 3 rings (SSSR count). The van der Waals surface area contributed by atoms with Gasteiger partial charge in [0.25, 0.3) is 0 Å². The molecule has 6 heteroatoms. The molecule has 0 amide bonds. The Morgan fingerprint density at radius 2 is 1.79 bits per heavy atom. The Bertz CT molecular complexity index is 841. The van der Waals surface area contributed by atoms with E-state index >= 15 is 0 Å². The van der Waals surface area contributed by atoms with Gasteiger partial charge < -0.3 is 4.98 Å². The summed E-state index contributed by atoms with van der Waals surface area (Å²) in [6.07, 6.45) is 0. The third-order valence-corrected chi connectivity index (χ3v) is 4.82. The first-order chi connectivity index (χ1) is 9.07. The van der Waals surface area contributed by atoms with Gasteiger partial charge >= 0.3 is 0 Å². The summed E-state index contributed by atoms with van der Waals surface area (Å²) in [5, 5.41) is -0.0354. The molecule has 0 fully saturated rings. The van der Waals surface area contributed by atoms with Gasteiger partial charge in [-0.1, -0.05) is 34.1 Å². The molecular weight excluding hydrogens is 328 g/mol. The third-order valence-electron chi connectivity index (χ3n) is 2.73. The van der Waals surface area contributed by atoms with Crippen LogP contribution in [0.3, 0.4) is 0 Å². The van der Waals surface area contributed by atoms with E-state index in [2.05, 4.69) is 25.9 Å². The molecule has 0 atom stereocenters. The van der Waals surface area contributed by atoms with Crippen molar-refractivity contribution in [1.82, 2.24) is 9.97 Å². The SMILES string of the molecule is O=S(=O)(c1ccccc1)c1nc2cc(Br)ccc2[nH]1. The van der Waals surface area contributed by atoms with Gasteiger partial charge in [0, 0.05) is 4.47 Å². The maximum atomic E-state index is 12.4. The molecule has 0 aliphatic heterocycles. The Morgan fingerprint density at radius 1 is 1.05 bits per heavy atom. The van der Waals surface area contributed by atoms with Crippen LogP contribution in [0.25, 0.3) is 11.0 Å². The maximum Gasteiger partial charge on any atom is 0.239 e. The lowest BCUT2D eigenvalue weighted by atomic mass is 10.3. The topological polar surface area (TPSA) is 62.8 Å². The highest BCUT2D eigenvalue weighted by molar-refractivity contribution is 9.10. The predicted molar refractivity (Wildman–Crippen MR) is 75.7 cm³/mol.